The second kappa shape index (κ2) is 29.7. The van der Waals surface area contributed by atoms with E-state index in [4.69, 9.17) is 0 Å². The van der Waals surface area contributed by atoms with Crippen LogP contribution in [0, 0.1) is 0 Å². The van der Waals surface area contributed by atoms with Crippen molar-refractivity contribution in [2.24, 2.45) is 0 Å². The van der Waals surface area contributed by atoms with Gasteiger partial charge in [-0.3, -0.25) is 0 Å². The van der Waals surface area contributed by atoms with Gasteiger partial charge in [0, 0.05) is 0 Å². The zero-order chi connectivity index (χ0) is 38.5. The number of aromatic carboxylic acids is 2. The Hall–Kier alpha value is -2.67. The Labute approximate surface area is 327 Å². The minimum absolute atomic E-state index is 0.0528. The molecular formula is C46H74O6S. The van der Waals surface area contributed by atoms with Gasteiger partial charge in [-0.15, -0.1) is 0 Å². The molecule has 0 atom stereocenters. The molecular weight excluding hydrogens is 681 g/mol. The topological polar surface area (TPSA) is 115 Å². The Morgan fingerprint density at radius 3 is 0.906 bits per heavy atom. The van der Waals surface area contributed by atoms with Crippen molar-refractivity contribution in [2.45, 2.75) is 216 Å². The number of carboxylic acid groups (broad SMARTS) is 2. The zero-order valence-corrected chi connectivity index (χ0v) is 34.4. The number of aromatic hydroxyl groups is 2. The largest absolute Gasteiger partial charge is 0.507 e. The van der Waals surface area contributed by atoms with Gasteiger partial charge in [-0.25, -0.2) is 9.59 Å². The summed E-state index contributed by atoms with van der Waals surface area (Å²) in [7, 11) is 0. The predicted molar refractivity (Wildman–Crippen MR) is 222 cm³/mol. The molecule has 0 unspecified atom stereocenters. The highest BCUT2D eigenvalue weighted by molar-refractivity contribution is 7.99. The Balaban J connectivity index is 1.92. The van der Waals surface area contributed by atoms with Gasteiger partial charge in [0.25, 0.3) is 0 Å². The van der Waals surface area contributed by atoms with Gasteiger partial charge in [0.15, 0.2) is 0 Å². The molecule has 0 aliphatic heterocycles. The van der Waals surface area contributed by atoms with E-state index in [-0.39, 0.29) is 22.6 Å². The maximum absolute atomic E-state index is 12.3. The molecule has 7 heteroatoms. The number of unbranched alkanes of at least 4 members (excludes halogenated alkanes) is 26. The molecule has 0 saturated heterocycles. The van der Waals surface area contributed by atoms with Gasteiger partial charge in [-0.2, -0.15) is 0 Å². The quantitative estimate of drug-likeness (QED) is 0.0526. The van der Waals surface area contributed by atoms with Gasteiger partial charge < -0.3 is 20.4 Å². The molecule has 53 heavy (non-hydrogen) atoms. The number of phenolic OH excluding ortho intramolecular Hbond substituents is 2. The van der Waals surface area contributed by atoms with Crippen molar-refractivity contribution >= 4 is 23.7 Å². The van der Waals surface area contributed by atoms with Crippen molar-refractivity contribution in [3.05, 3.63) is 46.5 Å². The van der Waals surface area contributed by atoms with Gasteiger partial charge in [-0.05, 0) is 61.1 Å². The molecule has 300 valence electrons. The molecule has 0 aromatic heterocycles. The molecule has 0 aliphatic carbocycles. The summed E-state index contributed by atoms with van der Waals surface area (Å²) >= 11 is 1.10. The monoisotopic (exact) mass is 755 g/mol. The normalized spacial score (nSPS) is 11.4. The van der Waals surface area contributed by atoms with E-state index in [1.54, 1.807) is 0 Å². The van der Waals surface area contributed by atoms with Crippen LogP contribution in [0.25, 0.3) is 0 Å². The fraction of sp³-hybridized carbons (Fsp3) is 0.696. The van der Waals surface area contributed by atoms with Crippen molar-refractivity contribution in [2.75, 3.05) is 0 Å². The molecule has 6 nitrogen and oxygen atoms in total. The Kier molecular flexibility index (Phi) is 26.0. The Bertz CT molecular complexity index is 1190. The van der Waals surface area contributed by atoms with Crippen LogP contribution in [0.3, 0.4) is 0 Å². The molecule has 0 amide bonds. The summed E-state index contributed by atoms with van der Waals surface area (Å²) in [5.74, 6) is -2.22. The van der Waals surface area contributed by atoms with Crippen LogP contribution in [0.4, 0.5) is 0 Å². The summed E-state index contributed by atoms with van der Waals surface area (Å²) in [6.45, 7) is 4.51. The second-order valence-corrected chi connectivity index (χ2v) is 16.3. The standard InChI is InChI=1S/C46H74O6S/c1-3-5-7-9-11-13-15-17-19-21-23-25-27-29-31-37-39(45(49)50)33-35-41(47)43(37)53-44-38(40(46(51)52)34-36-42(44)48)32-30-28-26-24-22-20-18-16-14-12-10-8-6-4-2/h33-36,47-48H,3-32H2,1-2H3,(H,49,50)(H,51,52). The smallest absolute Gasteiger partial charge is 0.336 e. The van der Waals surface area contributed by atoms with Crippen LogP contribution in [0.15, 0.2) is 34.1 Å². The first-order chi connectivity index (χ1) is 25.8. The van der Waals surface area contributed by atoms with Crippen molar-refractivity contribution < 1.29 is 30.0 Å². The number of rotatable bonds is 34. The molecule has 2 rings (SSSR count). The molecule has 2 aromatic rings. The third-order valence-corrected chi connectivity index (χ3v) is 12.0. The van der Waals surface area contributed by atoms with E-state index < -0.39 is 11.9 Å². The van der Waals surface area contributed by atoms with Crippen LogP contribution in [0.5, 0.6) is 11.5 Å². The third kappa shape index (κ3) is 19.5. The summed E-state index contributed by atoms with van der Waals surface area (Å²) in [5.41, 5.74) is 1.37. The predicted octanol–water partition coefficient (Wildman–Crippen LogP) is 14.7. The van der Waals surface area contributed by atoms with E-state index in [2.05, 4.69) is 13.8 Å². The van der Waals surface area contributed by atoms with Crippen molar-refractivity contribution in [1.82, 2.24) is 0 Å². The number of carbonyl (C=O) groups is 2. The second-order valence-electron chi connectivity index (χ2n) is 15.3. The van der Waals surface area contributed by atoms with E-state index >= 15 is 0 Å². The van der Waals surface area contributed by atoms with Crippen LogP contribution in [0.2, 0.25) is 0 Å². The SMILES string of the molecule is CCCCCCCCCCCCCCCCc1c(C(=O)O)ccc(O)c1Sc1c(O)ccc(C(=O)O)c1CCCCCCCCCCCCCCCC. The van der Waals surface area contributed by atoms with Crippen molar-refractivity contribution in [3.63, 3.8) is 0 Å². The fourth-order valence-corrected chi connectivity index (χ4v) is 8.67. The van der Waals surface area contributed by atoms with Gasteiger partial charge in [0.05, 0.1) is 20.9 Å². The summed E-state index contributed by atoms with van der Waals surface area (Å²) < 4.78 is 0. The molecule has 4 N–H and O–H groups in total. The fourth-order valence-electron chi connectivity index (χ4n) is 7.45. The highest BCUT2D eigenvalue weighted by Gasteiger charge is 2.23. The van der Waals surface area contributed by atoms with Gasteiger partial charge in [0.1, 0.15) is 11.5 Å². The van der Waals surface area contributed by atoms with Gasteiger partial charge in [0.2, 0.25) is 0 Å². The lowest BCUT2D eigenvalue weighted by molar-refractivity contribution is 0.0684. The highest BCUT2D eigenvalue weighted by atomic mass is 32.2. The van der Waals surface area contributed by atoms with E-state index in [1.165, 1.54) is 166 Å². The summed E-state index contributed by atoms with van der Waals surface area (Å²) in [6.07, 6.45) is 35.5. The Morgan fingerprint density at radius 1 is 0.415 bits per heavy atom. The Morgan fingerprint density at radius 2 is 0.660 bits per heavy atom. The summed E-state index contributed by atoms with van der Waals surface area (Å²) in [4.78, 5) is 25.4. The lowest BCUT2D eigenvalue weighted by Gasteiger charge is -2.18. The number of hydrogen-bond acceptors (Lipinski definition) is 5. The summed E-state index contributed by atoms with van der Waals surface area (Å²) in [6, 6.07) is 5.69. The van der Waals surface area contributed by atoms with Crippen molar-refractivity contribution in [1.29, 1.82) is 0 Å². The first kappa shape index (κ1) is 46.5. The minimum Gasteiger partial charge on any atom is -0.507 e. The van der Waals surface area contributed by atoms with Crippen LogP contribution >= 0.6 is 11.8 Å². The number of phenols is 2. The average Bonchev–Trinajstić information content (AvgIpc) is 3.13. The van der Waals surface area contributed by atoms with Gasteiger partial charge in [-0.1, -0.05) is 193 Å². The van der Waals surface area contributed by atoms with E-state index in [0.717, 1.165) is 50.3 Å². The van der Waals surface area contributed by atoms with E-state index in [9.17, 15) is 30.0 Å². The summed E-state index contributed by atoms with van der Waals surface area (Å²) in [5, 5.41) is 42.2. The molecule has 0 radical (unpaired) electrons. The minimum atomic E-state index is -1.06. The number of hydrogen-bond donors (Lipinski definition) is 4. The van der Waals surface area contributed by atoms with Crippen LogP contribution < -0.4 is 0 Å². The lowest BCUT2D eigenvalue weighted by Crippen LogP contribution is -2.06. The first-order valence-corrected chi connectivity index (χ1v) is 22.5. The maximum Gasteiger partial charge on any atom is 0.336 e. The third-order valence-electron chi connectivity index (χ3n) is 10.7. The molecule has 0 spiro atoms. The first-order valence-electron chi connectivity index (χ1n) is 21.7. The van der Waals surface area contributed by atoms with E-state index in [0.29, 0.717) is 33.8 Å². The van der Waals surface area contributed by atoms with Crippen LogP contribution in [0.1, 0.15) is 225 Å². The zero-order valence-electron chi connectivity index (χ0n) is 33.5. The van der Waals surface area contributed by atoms with Crippen LogP contribution in [-0.2, 0) is 12.8 Å². The van der Waals surface area contributed by atoms with Crippen LogP contribution in [-0.4, -0.2) is 32.4 Å². The van der Waals surface area contributed by atoms with Gasteiger partial charge >= 0.3 is 11.9 Å². The highest BCUT2D eigenvalue weighted by Crippen LogP contribution is 2.45. The number of benzene rings is 2. The molecule has 0 fully saturated rings. The number of carboxylic acids is 2. The lowest BCUT2D eigenvalue weighted by atomic mass is 9.99. The molecule has 0 aliphatic rings. The van der Waals surface area contributed by atoms with E-state index in [1.807, 2.05) is 0 Å². The molecule has 0 bridgehead atoms. The average molecular weight is 755 g/mol. The molecule has 0 saturated carbocycles. The molecule has 0 heterocycles. The molecule has 2 aromatic carbocycles. The van der Waals surface area contributed by atoms with Crippen molar-refractivity contribution in [3.8, 4) is 11.5 Å². The maximum atomic E-state index is 12.3.